The Morgan fingerprint density at radius 2 is 1.82 bits per heavy atom. The maximum absolute atomic E-state index is 11.5. The molecule has 0 unspecified atom stereocenters. The fourth-order valence-corrected chi connectivity index (χ4v) is 1.45. The SMILES string of the molecule is CCCCCC(=O)Nc1ccc(C(=O)[O-])cc1. The highest BCUT2D eigenvalue weighted by Crippen LogP contribution is 2.10. The highest BCUT2D eigenvalue weighted by molar-refractivity contribution is 5.92. The van der Waals surface area contributed by atoms with Gasteiger partial charge < -0.3 is 15.2 Å². The molecule has 0 fully saturated rings. The molecule has 0 saturated heterocycles. The topological polar surface area (TPSA) is 69.2 Å². The second kappa shape index (κ2) is 6.68. The molecule has 4 heteroatoms. The second-order valence-electron chi connectivity index (χ2n) is 3.87. The molecule has 1 rings (SSSR count). The number of carbonyl (C=O) groups is 2. The highest BCUT2D eigenvalue weighted by Gasteiger charge is 2.02. The number of carboxylic acids is 1. The number of unbranched alkanes of at least 4 members (excludes halogenated alkanes) is 2. The molecule has 92 valence electrons. The van der Waals surface area contributed by atoms with E-state index in [0.717, 1.165) is 19.3 Å². The molecular formula is C13H16NO3-. The normalized spacial score (nSPS) is 9.94. The predicted octanol–water partition coefficient (Wildman–Crippen LogP) is 1.57. The molecule has 0 saturated carbocycles. The van der Waals surface area contributed by atoms with Gasteiger partial charge in [0.1, 0.15) is 0 Å². The van der Waals surface area contributed by atoms with E-state index >= 15 is 0 Å². The minimum absolute atomic E-state index is 0.0420. The number of nitrogens with one attached hydrogen (secondary N) is 1. The Kier molecular flexibility index (Phi) is 5.20. The summed E-state index contributed by atoms with van der Waals surface area (Å²) in [5.74, 6) is -1.26. The summed E-state index contributed by atoms with van der Waals surface area (Å²) in [5, 5.41) is 13.2. The second-order valence-corrected chi connectivity index (χ2v) is 3.87. The molecule has 1 aromatic rings. The fourth-order valence-electron chi connectivity index (χ4n) is 1.45. The Hall–Kier alpha value is -1.84. The quantitative estimate of drug-likeness (QED) is 0.759. The number of anilines is 1. The molecule has 0 spiro atoms. The molecule has 0 heterocycles. The van der Waals surface area contributed by atoms with Gasteiger partial charge in [-0.05, 0) is 24.1 Å². The molecule has 1 N–H and O–H groups in total. The van der Waals surface area contributed by atoms with Crippen LogP contribution in [0.3, 0.4) is 0 Å². The van der Waals surface area contributed by atoms with E-state index in [1.807, 2.05) is 0 Å². The van der Waals surface area contributed by atoms with Crippen molar-refractivity contribution in [2.75, 3.05) is 5.32 Å². The summed E-state index contributed by atoms with van der Waals surface area (Å²) in [4.78, 5) is 22.0. The Morgan fingerprint density at radius 1 is 1.18 bits per heavy atom. The van der Waals surface area contributed by atoms with Gasteiger partial charge in [-0.15, -0.1) is 0 Å². The van der Waals surface area contributed by atoms with Crippen molar-refractivity contribution in [1.29, 1.82) is 0 Å². The third-order valence-corrected chi connectivity index (χ3v) is 2.41. The average molecular weight is 234 g/mol. The van der Waals surface area contributed by atoms with Gasteiger partial charge in [0, 0.05) is 12.1 Å². The lowest BCUT2D eigenvalue weighted by molar-refractivity contribution is -0.255. The van der Waals surface area contributed by atoms with E-state index in [9.17, 15) is 14.7 Å². The summed E-state index contributed by atoms with van der Waals surface area (Å²) in [6.07, 6.45) is 3.49. The van der Waals surface area contributed by atoms with E-state index in [-0.39, 0.29) is 11.5 Å². The van der Waals surface area contributed by atoms with Crippen LogP contribution < -0.4 is 10.4 Å². The third kappa shape index (κ3) is 4.68. The Bertz CT molecular complexity index is 384. The van der Waals surface area contributed by atoms with Gasteiger partial charge in [-0.2, -0.15) is 0 Å². The minimum Gasteiger partial charge on any atom is -0.545 e. The van der Waals surface area contributed by atoms with Gasteiger partial charge in [0.15, 0.2) is 0 Å². The van der Waals surface area contributed by atoms with E-state index in [4.69, 9.17) is 0 Å². The van der Waals surface area contributed by atoms with Crippen LogP contribution in [0.2, 0.25) is 0 Å². The first kappa shape index (κ1) is 13.2. The van der Waals surface area contributed by atoms with E-state index < -0.39 is 5.97 Å². The first-order valence-electron chi connectivity index (χ1n) is 5.74. The van der Waals surface area contributed by atoms with Crippen LogP contribution in [0.15, 0.2) is 24.3 Å². The number of rotatable bonds is 6. The van der Waals surface area contributed by atoms with Gasteiger partial charge in [-0.1, -0.05) is 31.9 Å². The van der Waals surface area contributed by atoms with E-state index in [0.29, 0.717) is 12.1 Å². The zero-order valence-electron chi connectivity index (χ0n) is 9.86. The van der Waals surface area contributed by atoms with Gasteiger partial charge >= 0.3 is 0 Å². The largest absolute Gasteiger partial charge is 0.545 e. The number of carboxylic acid groups (broad SMARTS) is 1. The zero-order valence-corrected chi connectivity index (χ0v) is 9.86. The Balaban J connectivity index is 2.46. The fraction of sp³-hybridized carbons (Fsp3) is 0.385. The van der Waals surface area contributed by atoms with Crippen LogP contribution in [0.1, 0.15) is 43.0 Å². The molecule has 0 aromatic heterocycles. The number of aromatic carboxylic acids is 1. The summed E-state index contributed by atoms with van der Waals surface area (Å²) in [6.45, 7) is 2.08. The van der Waals surface area contributed by atoms with Crippen LogP contribution >= 0.6 is 0 Å². The lowest BCUT2D eigenvalue weighted by Crippen LogP contribution is -2.22. The van der Waals surface area contributed by atoms with Crippen molar-refractivity contribution >= 4 is 17.6 Å². The maximum Gasteiger partial charge on any atom is 0.224 e. The van der Waals surface area contributed by atoms with Gasteiger partial charge in [-0.25, -0.2) is 0 Å². The van der Waals surface area contributed by atoms with Crippen molar-refractivity contribution in [1.82, 2.24) is 0 Å². The first-order chi connectivity index (χ1) is 8.13. The molecule has 0 aliphatic heterocycles. The van der Waals surface area contributed by atoms with E-state index in [1.165, 1.54) is 12.1 Å². The summed E-state index contributed by atoms with van der Waals surface area (Å²) in [7, 11) is 0. The van der Waals surface area contributed by atoms with Crippen molar-refractivity contribution < 1.29 is 14.7 Å². The molecule has 0 aliphatic rings. The average Bonchev–Trinajstić information content (AvgIpc) is 2.30. The highest BCUT2D eigenvalue weighted by atomic mass is 16.4. The molecule has 17 heavy (non-hydrogen) atoms. The van der Waals surface area contributed by atoms with Crippen LogP contribution in [0.25, 0.3) is 0 Å². The number of hydrogen-bond acceptors (Lipinski definition) is 3. The van der Waals surface area contributed by atoms with Crippen LogP contribution in [-0.4, -0.2) is 11.9 Å². The third-order valence-electron chi connectivity index (χ3n) is 2.41. The molecule has 1 aromatic carbocycles. The molecule has 0 radical (unpaired) electrons. The van der Waals surface area contributed by atoms with Crippen molar-refractivity contribution in [3.05, 3.63) is 29.8 Å². The van der Waals surface area contributed by atoms with Gasteiger partial charge in [0.25, 0.3) is 0 Å². The summed E-state index contributed by atoms with van der Waals surface area (Å²) in [6, 6.07) is 5.94. The van der Waals surface area contributed by atoms with Gasteiger partial charge in [0.05, 0.1) is 5.97 Å². The monoisotopic (exact) mass is 234 g/mol. The van der Waals surface area contributed by atoms with Crippen molar-refractivity contribution in [3.63, 3.8) is 0 Å². The first-order valence-corrected chi connectivity index (χ1v) is 5.74. The lowest BCUT2D eigenvalue weighted by Gasteiger charge is -2.06. The minimum atomic E-state index is -1.22. The molecular weight excluding hydrogens is 218 g/mol. The number of hydrogen-bond donors (Lipinski definition) is 1. The standard InChI is InChI=1S/C13H17NO3/c1-2-3-4-5-12(15)14-11-8-6-10(7-9-11)13(16)17/h6-9H,2-5H2,1H3,(H,14,15)(H,16,17)/p-1. The Morgan fingerprint density at radius 3 is 2.35 bits per heavy atom. The number of amides is 1. The molecule has 0 atom stereocenters. The molecule has 1 amide bonds. The van der Waals surface area contributed by atoms with E-state index in [2.05, 4.69) is 12.2 Å². The molecule has 4 nitrogen and oxygen atoms in total. The summed E-state index contributed by atoms with van der Waals surface area (Å²) in [5.41, 5.74) is 0.713. The van der Waals surface area contributed by atoms with Crippen molar-refractivity contribution in [2.45, 2.75) is 32.6 Å². The van der Waals surface area contributed by atoms with Gasteiger partial charge in [0.2, 0.25) is 5.91 Å². The predicted molar refractivity (Wildman–Crippen MR) is 63.5 cm³/mol. The van der Waals surface area contributed by atoms with Gasteiger partial charge in [-0.3, -0.25) is 4.79 Å². The van der Waals surface area contributed by atoms with Crippen LogP contribution in [0.4, 0.5) is 5.69 Å². The van der Waals surface area contributed by atoms with Crippen molar-refractivity contribution in [2.24, 2.45) is 0 Å². The lowest BCUT2D eigenvalue weighted by atomic mass is 10.2. The zero-order chi connectivity index (χ0) is 12.7. The van der Waals surface area contributed by atoms with Crippen LogP contribution in [-0.2, 0) is 4.79 Å². The molecule has 0 aliphatic carbocycles. The van der Waals surface area contributed by atoms with Crippen LogP contribution in [0.5, 0.6) is 0 Å². The smallest absolute Gasteiger partial charge is 0.224 e. The summed E-state index contributed by atoms with van der Waals surface area (Å²) >= 11 is 0. The number of benzene rings is 1. The van der Waals surface area contributed by atoms with Crippen molar-refractivity contribution in [3.8, 4) is 0 Å². The Labute approximate surface area is 101 Å². The number of carbonyl (C=O) groups excluding carboxylic acids is 2. The summed E-state index contributed by atoms with van der Waals surface area (Å²) < 4.78 is 0. The maximum atomic E-state index is 11.5. The van der Waals surface area contributed by atoms with Crippen LogP contribution in [0, 0.1) is 0 Å². The molecule has 0 bridgehead atoms. The van der Waals surface area contributed by atoms with E-state index in [1.54, 1.807) is 12.1 Å².